The summed E-state index contributed by atoms with van der Waals surface area (Å²) in [5.74, 6) is 1.17. The molecule has 1 N–H and O–H groups in total. The summed E-state index contributed by atoms with van der Waals surface area (Å²) in [6.07, 6.45) is 2.88. The average molecular weight is 219 g/mol. The van der Waals surface area contributed by atoms with Crippen molar-refractivity contribution in [2.45, 2.75) is 19.3 Å². The SMILES string of the molecule is COc1cccc(CC2CCCNC2=O)c1. The first kappa shape index (κ1) is 11.0. The molecule has 1 amide bonds. The van der Waals surface area contributed by atoms with Gasteiger partial charge in [-0.25, -0.2) is 0 Å². The molecule has 16 heavy (non-hydrogen) atoms. The van der Waals surface area contributed by atoms with Crippen LogP contribution in [0.25, 0.3) is 0 Å². The molecule has 0 aromatic heterocycles. The smallest absolute Gasteiger partial charge is 0.223 e. The zero-order chi connectivity index (χ0) is 11.4. The van der Waals surface area contributed by atoms with Crippen LogP contribution in [-0.2, 0) is 11.2 Å². The van der Waals surface area contributed by atoms with Crippen LogP contribution in [-0.4, -0.2) is 19.6 Å². The quantitative estimate of drug-likeness (QED) is 0.841. The number of hydrogen-bond donors (Lipinski definition) is 1. The summed E-state index contributed by atoms with van der Waals surface area (Å²) >= 11 is 0. The lowest BCUT2D eigenvalue weighted by Gasteiger charge is -2.21. The van der Waals surface area contributed by atoms with Gasteiger partial charge in [-0.05, 0) is 37.0 Å². The first-order valence-corrected chi connectivity index (χ1v) is 5.70. The monoisotopic (exact) mass is 219 g/mol. The normalized spacial score (nSPS) is 20.3. The number of hydrogen-bond acceptors (Lipinski definition) is 2. The molecule has 0 radical (unpaired) electrons. The number of ether oxygens (including phenoxy) is 1. The molecule has 1 aliphatic rings. The van der Waals surface area contributed by atoms with Crippen molar-refractivity contribution in [1.82, 2.24) is 5.32 Å². The standard InChI is InChI=1S/C13H17NO2/c1-16-12-6-2-4-10(9-12)8-11-5-3-7-14-13(11)15/h2,4,6,9,11H,3,5,7-8H2,1H3,(H,14,15). The van der Waals surface area contributed by atoms with E-state index in [1.54, 1.807) is 7.11 Å². The predicted octanol–water partition coefficient (Wildman–Crippen LogP) is 1.76. The highest BCUT2D eigenvalue weighted by atomic mass is 16.5. The molecule has 1 fully saturated rings. The van der Waals surface area contributed by atoms with E-state index in [1.807, 2.05) is 24.3 Å². The van der Waals surface area contributed by atoms with Gasteiger partial charge >= 0.3 is 0 Å². The first-order valence-electron chi connectivity index (χ1n) is 5.70. The van der Waals surface area contributed by atoms with Crippen LogP contribution < -0.4 is 10.1 Å². The number of benzene rings is 1. The van der Waals surface area contributed by atoms with E-state index in [0.717, 1.165) is 31.6 Å². The summed E-state index contributed by atoms with van der Waals surface area (Å²) in [5, 5.41) is 2.91. The molecule has 0 spiro atoms. The minimum atomic E-state index is 0.126. The Bertz CT molecular complexity index is 376. The molecule has 0 saturated carbocycles. The molecule has 0 aliphatic carbocycles. The second-order valence-corrected chi connectivity index (χ2v) is 4.19. The van der Waals surface area contributed by atoms with Gasteiger partial charge in [-0.2, -0.15) is 0 Å². The van der Waals surface area contributed by atoms with E-state index in [0.29, 0.717) is 0 Å². The van der Waals surface area contributed by atoms with Crippen LogP contribution in [0.4, 0.5) is 0 Å². The van der Waals surface area contributed by atoms with Gasteiger partial charge < -0.3 is 10.1 Å². The molecule has 3 heteroatoms. The maximum absolute atomic E-state index is 11.6. The molecule has 1 aromatic carbocycles. The maximum Gasteiger partial charge on any atom is 0.223 e. The molecule has 1 unspecified atom stereocenters. The van der Waals surface area contributed by atoms with E-state index in [-0.39, 0.29) is 11.8 Å². The van der Waals surface area contributed by atoms with Crippen molar-refractivity contribution < 1.29 is 9.53 Å². The molecule has 1 saturated heterocycles. The average Bonchev–Trinajstić information content (AvgIpc) is 2.32. The fourth-order valence-electron chi connectivity index (χ4n) is 2.11. The highest BCUT2D eigenvalue weighted by molar-refractivity contribution is 5.79. The number of piperidine rings is 1. The first-order chi connectivity index (χ1) is 7.79. The van der Waals surface area contributed by atoms with Crippen LogP contribution in [0.3, 0.4) is 0 Å². The van der Waals surface area contributed by atoms with Crippen molar-refractivity contribution in [2.75, 3.05) is 13.7 Å². The van der Waals surface area contributed by atoms with Gasteiger partial charge in [-0.15, -0.1) is 0 Å². The van der Waals surface area contributed by atoms with Gasteiger partial charge in [0.1, 0.15) is 5.75 Å². The molecular weight excluding hydrogens is 202 g/mol. The zero-order valence-corrected chi connectivity index (χ0v) is 9.53. The fraction of sp³-hybridized carbons (Fsp3) is 0.462. The van der Waals surface area contributed by atoms with Gasteiger partial charge in [-0.3, -0.25) is 4.79 Å². The fourth-order valence-corrected chi connectivity index (χ4v) is 2.11. The second kappa shape index (κ2) is 5.01. The Morgan fingerprint density at radius 3 is 3.12 bits per heavy atom. The van der Waals surface area contributed by atoms with E-state index >= 15 is 0 Å². The van der Waals surface area contributed by atoms with Crippen LogP contribution in [0.15, 0.2) is 24.3 Å². The summed E-state index contributed by atoms with van der Waals surface area (Å²) in [4.78, 5) is 11.6. The summed E-state index contributed by atoms with van der Waals surface area (Å²) in [6, 6.07) is 7.94. The molecule has 1 aromatic rings. The number of nitrogens with one attached hydrogen (secondary N) is 1. The molecule has 1 aliphatic heterocycles. The third-order valence-electron chi connectivity index (χ3n) is 3.02. The van der Waals surface area contributed by atoms with Gasteiger partial charge in [0, 0.05) is 12.5 Å². The topological polar surface area (TPSA) is 38.3 Å². The van der Waals surface area contributed by atoms with Crippen LogP contribution in [0, 0.1) is 5.92 Å². The highest BCUT2D eigenvalue weighted by Crippen LogP contribution is 2.20. The molecule has 86 valence electrons. The van der Waals surface area contributed by atoms with Crippen molar-refractivity contribution in [3.8, 4) is 5.75 Å². The van der Waals surface area contributed by atoms with Crippen molar-refractivity contribution >= 4 is 5.91 Å². The van der Waals surface area contributed by atoms with Crippen molar-refractivity contribution in [1.29, 1.82) is 0 Å². The van der Waals surface area contributed by atoms with Crippen molar-refractivity contribution in [3.05, 3.63) is 29.8 Å². The lowest BCUT2D eigenvalue weighted by atomic mass is 9.91. The number of amides is 1. The van der Waals surface area contributed by atoms with Gasteiger partial charge in [0.2, 0.25) is 5.91 Å². The summed E-state index contributed by atoms with van der Waals surface area (Å²) < 4.78 is 5.17. The van der Waals surface area contributed by atoms with E-state index in [9.17, 15) is 4.79 Å². The van der Waals surface area contributed by atoms with E-state index in [1.165, 1.54) is 5.56 Å². The molecule has 2 rings (SSSR count). The molecular formula is C13H17NO2. The number of rotatable bonds is 3. The Labute approximate surface area is 95.8 Å². The Morgan fingerprint density at radius 2 is 2.38 bits per heavy atom. The Morgan fingerprint density at radius 1 is 1.50 bits per heavy atom. The molecule has 0 bridgehead atoms. The zero-order valence-electron chi connectivity index (χ0n) is 9.53. The van der Waals surface area contributed by atoms with Gasteiger partial charge in [-0.1, -0.05) is 12.1 Å². The van der Waals surface area contributed by atoms with Crippen LogP contribution in [0.5, 0.6) is 5.75 Å². The third kappa shape index (κ3) is 2.54. The molecule has 1 atom stereocenters. The van der Waals surface area contributed by atoms with Gasteiger partial charge in [0.25, 0.3) is 0 Å². The van der Waals surface area contributed by atoms with E-state index < -0.39 is 0 Å². The number of methoxy groups -OCH3 is 1. The largest absolute Gasteiger partial charge is 0.497 e. The van der Waals surface area contributed by atoms with Crippen molar-refractivity contribution in [2.24, 2.45) is 5.92 Å². The lowest BCUT2D eigenvalue weighted by molar-refractivity contribution is -0.126. The highest BCUT2D eigenvalue weighted by Gasteiger charge is 2.21. The maximum atomic E-state index is 11.6. The Hall–Kier alpha value is -1.51. The minimum Gasteiger partial charge on any atom is -0.497 e. The summed E-state index contributed by atoms with van der Waals surface area (Å²) in [7, 11) is 1.66. The van der Waals surface area contributed by atoms with Gasteiger partial charge in [0.15, 0.2) is 0 Å². The lowest BCUT2D eigenvalue weighted by Crippen LogP contribution is -2.37. The van der Waals surface area contributed by atoms with Crippen molar-refractivity contribution in [3.63, 3.8) is 0 Å². The Balaban J connectivity index is 2.04. The van der Waals surface area contributed by atoms with E-state index in [2.05, 4.69) is 5.32 Å². The second-order valence-electron chi connectivity index (χ2n) is 4.19. The van der Waals surface area contributed by atoms with Crippen LogP contribution in [0.2, 0.25) is 0 Å². The van der Waals surface area contributed by atoms with Gasteiger partial charge in [0.05, 0.1) is 7.11 Å². The molecule has 3 nitrogen and oxygen atoms in total. The van der Waals surface area contributed by atoms with E-state index in [4.69, 9.17) is 4.74 Å². The van der Waals surface area contributed by atoms with Crippen LogP contribution >= 0.6 is 0 Å². The third-order valence-corrected chi connectivity index (χ3v) is 3.02. The Kier molecular flexibility index (Phi) is 3.44. The minimum absolute atomic E-state index is 0.126. The summed E-state index contributed by atoms with van der Waals surface area (Å²) in [5.41, 5.74) is 1.17. The predicted molar refractivity (Wildman–Crippen MR) is 62.4 cm³/mol. The molecule has 1 heterocycles. The van der Waals surface area contributed by atoms with Crippen LogP contribution in [0.1, 0.15) is 18.4 Å². The number of carbonyl (C=O) groups is 1. The number of carbonyl (C=O) groups excluding carboxylic acids is 1. The summed E-state index contributed by atoms with van der Waals surface area (Å²) in [6.45, 7) is 0.827.